The summed E-state index contributed by atoms with van der Waals surface area (Å²) in [7, 11) is -3.68. The van der Waals surface area contributed by atoms with Crippen molar-refractivity contribution in [1.82, 2.24) is 0 Å². The molecule has 0 aromatic carbocycles. The average molecular weight is 233 g/mol. The van der Waals surface area contributed by atoms with Crippen LogP contribution in [0.5, 0.6) is 0 Å². The topological polar surface area (TPSA) is 97.5 Å². The van der Waals surface area contributed by atoms with Crippen LogP contribution < -0.4 is 5.14 Å². The molecule has 0 aliphatic rings. The standard InChI is InChI=1S/C7H7NO4S2/c8-14(11,12)7-4-2-5(13-7)1-3-6(9)10/h1-4H,(H,9,10)(H2,8,11,12). The maximum atomic E-state index is 10.8. The molecule has 1 aromatic rings. The summed E-state index contributed by atoms with van der Waals surface area (Å²) in [6.07, 6.45) is 2.24. The number of carbonyl (C=O) groups is 1. The minimum atomic E-state index is -3.68. The molecule has 0 saturated heterocycles. The Hall–Kier alpha value is -1.18. The van der Waals surface area contributed by atoms with E-state index in [4.69, 9.17) is 10.2 Å². The van der Waals surface area contributed by atoms with Gasteiger partial charge in [0.05, 0.1) is 0 Å². The molecule has 76 valence electrons. The highest BCUT2D eigenvalue weighted by atomic mass is 32.2. The minimum absolute atomic E-state index is 0.0162. The molecule has 1 rings (SSSR count). The van der Waals surface area contributed by atoms with E-state index in [2.05, 4.69) is 0 Å². The summed E-state index contributed by atoms with van der Waals surface area (Å²) in [6.45, 7) is 0. The molecule has 1 heterocycles. The molecule has 0 amide bonds. The third kappa shape index (κ3) is 2.95. The van der Waals surface area contributed by atoms with Gasteiger partial charge in [-0.3, -0.25) is 0 Å². The normalized spacial score (nSPS) is 12.1. The monoisotopic (exact) mass is 233 g/mol. The number of thiophene rings is 1. The Morgan fingerprint density at radius 3 is 2.57 bits per heavy atom. The Balaban J connectivity index is 2.95. The lowest BCUT2D eigenvalue weighted by Crippen LogP contribution is -2.09. The fourth-order valence-electron chi connectivity index (χ4n) is 0.730. The van der Waals surface area contributed by atoms with Crippen LogP contribution in [0.25, 0.3) is 6.08 Å². The van der Waals surface area contributed by atoms with Crippen LogP contribution in [0, 0.1) is 0 Å². The second kappa shape index (κ2) is 3.91. The fraction of sp³-hybridized carbons (Fsp3) is 0. The van der Waals surface area contributed by atoms with E-state index >= 15 is 0 Å². The predicted molar refractivity (Wildman–Crippen MR) is 52.4 cm³/mol. The molecule has 0 radical (unpaired) electrons. The van der Waals surface area contributed by atoms with E-state index in [-0.39, 0.29) is 4.21 Å². The number of sulfonamides is 1. The summed E-state index contributed by atoms with van der Waals surface area (Å²) in [5, 5.41) is 13.2. The van der Waals surface area contributed by atoms with Gasteiger partial charge < -0.3 is 5.11 Å². The predicted octanol–water partition coefficient (Wildman–Crippen LogP) is 0.493. The summed E-state index contributed by atoms with van der Waals surface area (Å²) in [5.74, 6) is -1.09. The average Bonchev–Trinajstić information content (AvgIpc) is 2.47. The minimum Gasteiger partial charge on any atom is -0.478 e. The van der Waals surface area contributed by atoms with Gasteiger partial charge in [0.15, 0.2) is 0 Å². The number of rotatable bonds is 3. The van der Waals surface area contributed by atoms with Crippen molar-refractivity contribution in [2.24, 2.45) is 5.14 Å². The van der Waals surface area contributed by atoms with Gasteiger partial charge in [0.1, 0.15) is 4.21 Å². The molecule has 1 aromatic heterocycles. The SMILES string of the molecule is NS(=O)(=O)c1ccc(C=CC(=O)O)s1. The Bertz CT molecular complexity index is 472. The van der Waals surface area contributed by atoms with Crippen LogP contribution in [-0.2, 0) is 14.8 Å². The number of hydrogen-bond acceptors (Lipinski definition) is 4. The molecule has 0 saturated carbocycles. The van der Waals surface area contributed by atoms with E-state index in [0.717, 1.165) is 17.4 Å². The molecule has 14 heavy (non-hydrogen) atoms. The van der Waals surface area contributed by atoms with Crippen LogP contribution in [0.3, 0.4) is 0 Å². The van der Waals surface area contributed by atoms with Crippen LogP contribution in [0.4, 0.5) is 0 Å². The first-order valence-corrected chi connectivity index (χ1v) is 5.79. The number of hydrogen-bond donors (Lipinski definition) is 2. The van der Waals surface area contributed by atoms with Crippen molar-refractivity contribution in [3.63, 3.8) is 0 Å². The number of nitrogens with two attached hydrogens (primary N) is 1. The van der Waals surface area contributed by atoms with E-state index in [1.165, 1.54) is 18.2 Å². The third-order valence-electron chi connectivity index (χ3n) is 1.27. The zero-order valence-electron chi connectivity index (χ0n) is 6.88. The molecule has 0 fully saturated rings. The zero-order valence-corrected chi connectivity index (χ0v) is 8.51. The Kier molecular flexibility index (Phi) is 3.04. The lowest BCUT2D eigenvalue weighted by Gasteiger charge is -1.88. The highest BCUT2D eigenvalue weighted by Crippen LogP contribution is 2.21. The van der Waals surface area contributed by atoms with Crippen LogP contribution in [0.2, 0.25) is 0 Å². The van der Waals surface area contributed by atoms with E-state index in [9.17, 15) is 13.2 Å². The van der Waals surface area contributed by atoms with Crippen molar-refractivity contribution in [1.29, 1.82) is 0 Å². The Morgan fingerprint density at radius 1 is 1.50 bits per heavy atom. The molecule has 0 spiro atoms. The lowest BCUT2D eigenvalue weighted by molar-refractivity contribution is -0.131. The van der Waals surface area contributed by atoms with Crippen LogP contribution in [0.15, 0.2) is 22.4 Å². The fourth-order valence-corrected chi connectivity index (χ4v) is 2.38. The molecule has 7 heteroatoms. The first-order valence-electron chi connectivity index (χ1n) is 3.43. The Labute approximate surface area is 84.5 Å². The summed E-state index contributed by atoms with van der Waals surface area (Å²) in [5.41, 5.74) is 0. The van der Waals surface area contributed by atoms with Crippen molar-refractivity contribution in [2.45, 2.75) is 4.21 Å². The smallest absolute Gasteiger partial charge is 0.328 e. The summed E-state index contributed by atoms with van der Waals surface area (Å²) < 4.78 is 21.7. The van der Waals surface area contributed by atoms with Gasteiger partial charge in [-0.2, -0.15) is 0 Å². The molecular weight excluding hydrogens is 226 g/mol. The molecule has 3 N–H and O–H groups in total. The second-order valence-corrected chi connectivity index (χ2v) is 5.28. The number of primary sulfonamides is 1. The van der Waals surface area contributed by atoms with Crippen molar-refractivity contribution in [3.05, 3.63) is 23.1 Å². The second-order valence-electron chi connectivity index (χ2n) is 2.37. The van der Waals surface area contributed by atoms with Crippen LogP contribution in [0.1, 0.15) is 4.88 Å². The maximum Gasteiger partial charge on any atom is 0.328 e. The van der Waals surface area contributed by atoms with Crippen LogP contribution in [-0.4, -0.2) is 19.5 Å². The van der Waals surface area contributed by atoms with Gasteiger partial charge in [-0.15, -0.1) is 11.3 Å². The number of aliphatic carboxylic acids is 1. The van der Waals surface area contributed by atoms with Crippen molar-refractivity contribution >= 4 is 33.4 Å². The quantitative estimate of drug-likeness (QED) is 0.742. The van der Waals surface area contributed by atoms with E-state index in [1.807, 2.05) is 0 Å². The number of carboxylic acid groups (broad SMARTS) is 1. The summed E-state index contributed by atoms with van der Waals surface area (Å²) in [4.78, 5) is 10.7. The van der Waals surface area contributed by atoms with Gasteiger partial charge >= 0.3 is 5.97 Å². The van der Waals surface area contributed by atoms with Gasteiger partial charge in [-0.05, 0) is 18.2 Å². The molecular formula is C7H7NO4S2. The first-order chi connectivity index (χ1) is 6.39. The highest BCUT2D eigenvalue weighted by Gasteiger charge is 2.09. The first kappa shape index (κ1) is 10.9. The van der Waals surface area contributed by atoms with Gasteiger partial charge in [0.2, 0.25) is 10.0 Å². The van der Waals surface area contributed by atoms with Crippen LogP contribution >= 0.6 is 11.3 Å². The molecule has 5 nitrogen and oxygen atoms in total. The molecule has 0 aliphatic carbocycles. The van der Waals surface area contributed by atoms with Gasteiger partial charge in [-0.25, -0.2) is 18.4 Å². The largest absolute Gasteiger partial charge is 0.478 e. The van der Waals surface area contributed by atoms with Crippen molar-refractivity contribution in [2.75, 3.05) is 0 Å². The maximum absolute atomic E-state index is 10.8. The molecule has 0 aliphatic heterocycles. The number of carboxylic acids is 1. The van der Waals surface area contributed by atoms with Gasteiger partial charge in [0, 0.05) is 11.0 Å². The van der Waals surface area contributed by atoms with Gasteiger partial charge in [-0.1, -0.05) is 0 Å². The van der Waals surface area contributed by atoms with E-state index in [0.29, 0.717) is 4.88 Å². The summed E-state index contributed by atoms with van der Waals surface area (Å²) in [6, 6.07) is 2.82. The molecule has 0 unspecified atom stereocenters. The van der Waals surface area contributed by atoms with Crippen molar-refractivity contribution < 1.29 is 18.3 Å². The molecule has 0 atom stereocenters. The zero-order chi connectivity index (χ0) is 10.8. The molecule has 0 bridgehead atoms. The van der Waals surface area contributed by atoms with E-state index < -0.39 is 16.0 Å². The van der Waals surface area contributed by atoms with Gasteiger partial charge in [0.25, 0.3) is 0 Å². The van der Waals surface area contributed by atoms with E-state index in [1.54, 1.807) is 0 Å². The van der Waals surface area contributed by atoms with Crippen molar-refractivity contribution in [3.8, 4) is 0 Å². The lowest BCUT2D eigenvalue weighted by atomic mass is 10.4. The Morgan fingerprint density at radius 2 is 2.14 bits per heavy atom. The summed E-state index contributed by atoms with van der Waals surface area (Å²) >= 11 is 0.919. The highest BCUT2D eigenvalue weighted by molar-refractivity contribution is 7.91. The third-order valence-corrected chi connectivity index (χ3v) is 3.76.